The first-order valence-electron chi connectivity index (χ1n) is 7.79. The number of rotatable bonds is 3. The van der Waals surface area contributed by atoms with Crippen LogP contribution in [0.3, 0.4) is 0 Å². The number of carbonyl (C=O) groups is 2. The van der Waals surface area contributed by atoms with Crippen LogP contribution in [0, 0.1) is 12.7 Å². The molecule has 2 aliphatic heterocycles. The Balaban J connectivity index is 1.54. The molecule has 25 heavy (non-hydrogen) atoms. The van der Waals surface area contributed by atoms with E-state index in [1.807, 2.05) is 0 Å². The van der Waals surface area contributed by atoms with Crippen molar-refractivity contribution in [2.75, 3.05) is 13.2 Å². The van der Waals surface area contributed by atoms with Crippen molar-refractivity contribution in [2.24, 2.45) is 0 Å². The molecule has 1 spiro atoms. The van der Waals surface area contributed by atoms with E-state index < -0.39 is 11.6 Å². The Labute approximate surface area is 141 Å². The molecule has 0 unspecified atom stereocenters. The Hall–Kier alpha value is -2.81. The molecule has 130 valence electrons. The zero-order chi connectivity index (χ0) is 17.6. The van der Waals surface area contributed by atoms with E-state index in [-0.39, 0.29) is 36.6 Å². The number of hydrogen-bond acceptors (Lipinski definition) is 6. The number of nitrogens with zero attached hydrogens (tertiary/aromatic N) is 3. The normalized spacial score (nSPS) is 22.9. The fourth-order valence-electron chi connectivity index (χ4n) is 3.01. The minimum Gasteiger partial charge on any atom is -0.378 e. The van der Waals surface area contributed by atoms with Crippen LogP contribution >= 0.6 is 0 Å². The molecular weight excluding hydrogens is 331 g/mol. The van der Waals surface area contributed by atoms with Crippen LogP contribution in [0.4, 0.5) is 9.18 Å². The molecule has 0 aliphatic carbocycles. The van der Waals surface area contributed by atoms with Crippen LogP contribution in [0.1, 0.15) is 17.9 Å². The molecule has 1 atom stereocenters. The molecule has 1 N–H and O–H groups in total. The summed E-state index contributed by atoms with van der Waals surface area (Å²) in [6.07, 6.45) is 0.442. The molecule has 2 aromatic rings. The fraction of sp³-hybridized carbons (Fsp3) is 0.375. The number of aryl methyl sites for hydroxylation is 1. The Bertz CT molecular complexity index is 860. The average Bonchev–Trinajstić information content (AvgIpc) is 3.29. The van der Waals surface area contributed by atoms with Crippen molar-refractivity contribution in [1.29, 1.82) is 0 Å². The predicted molar refractivity (Wildman–Crippen MR) is 81.7 cm³/mol. The lowest BCUT2D eigenvalue weighted by atomic mass is 9.99. The zero-order valence-electron chi connectivity index (χ0n) is 13.4. The van der Waals surface area contributed by atoms with E-state index in [4.69, 9.17) is 9.26 Å². The molecule has 0 radical (unpaired) electrons. The summed E-state index contributed by atoms with van der Waals surface area (Å²) in [5.74, 6) is -0.288. The van der Waals surface area contributed by atoms with Crippen molar-refractivity contribution in [3.05, 3.63) is 35.5 Å². The third-order valence-corrected chi connectivity index (χ3v) is 4.45. The van der Waals surface area contributed by atoms with Crippen LogP contribution in [0.2, 0.25) is 0 Å². The highest BCUT2D eigenvalue weighted by Crippen LogP contribution is 2.28. The first kappa shape index (κ1) is 15.7. The highest BCUT2D eigenvalue weighted by atomic mass is 19.1. The van der Waals surface area contributed by atoms with Gasteiger partial charge < -0.3 is 14.6 Å². The van der Waals surface area contributed by atoms with Crippen molar-refractivity contribution in [1.82, 2.24) is 20.4 Å². The van der Waals surface area contributed by atoms with Crippen molar-refractivity contribution in [2.45, 2.75) is 25.4 Å². The van der Waals surface area contributed by atoms with Crippen LogP contribution < -0.4 is 5.32 Å². The van der Waals surface area contributed by atoms with E-state index in [1.165, 1.54) is 12.1 Å². The van der Waals surface area contributed by atoms with E-state index in [0.29, 0.717) is 24.2 Å². The van der Waals surface area contributed by atoms with E-state index in [0.717, 1.165) is 4.90 Å². The summed E-state index contributed by atoms with van der Waals surface area (Å²) < 4.78 is 23.7. The Kier molecular flexibility index (Phi) is 3.53. The monoisotopic (exact) mass is 346 g/mol. The molecule has 8 nitrogen and oxygen atoms in total. The van der Waals surface area contributed by atoms with Gasteiger partial charge in [-0.3, -0.25) is 9.69 Å². The van der Waals surface area contributed by atoms with E-state index >= 15 is 0 Å². The van der Waals surface area contributed by atoms with Crippen molar-refractivity contribution in [3.8, 4) is 11.4 Å². The summed E-state index contributed by atoms with van der Waals surface area (Å²) in [6.45, 7) is 2.10. The van der Waals surface area contributed by atoms with Gasteiger partial charge in [0.15, 0.2) is 0 Å². The van der Waals surface area contributed by atoms with Gasteiger partial charge in [0.25, 0.3) is 5.91 Å². The maximum atomic E-state index is 13.4. The summed E-state index contributed by atoms with van der Waals surface area (Å²) in [5, 5.41) is 6.52. The number of ether oxygens (including phenoxy) is 1. The van der Waals surface area contributed by atoms with Gasteiger partial charge in [-0.1, -0.05) is 5.16 Å². The van der Waals surface area contributed by atoms with Crippen molar-refractivity contribution < 1.29 is 23.2 Å². The number of imide groups is 1. The molecule has 0 bridgehead atoms. The average molecular weight is 346 g/mol. The predicted octanol–water partition coefficient (Wildman–Crippen LogP) is 1.40. The second kappa shape index (κ2) is 5.62. The number of hydrogen-bond donors (Lipinski definition) is 1. The topological polar surface area (TPSA) is 97.6 Å². The number of halogens is 1. The van der Waals surface area contributed by atoms with E-state index in [1.54, 1.807) is 13.0 Å². The lowest BCUT2D eigenvalue weighted by Crippen LogP contribution is -2.47. The molecule has 2 saturated heterocycles. The third kappa shape index (κ3) is 2.56. The summed E-state index contributed by atoms with van der Waals surface area (Å²) in [6, 6.07) is 3.95. The van der Waals surface area contributed by atoms with Gasteiger partial charge in [-0.2, -0.15) is 4.98 Å². The molecule has 9 heteroatoms. The number of carbonyl (C=O) groups excluding carboxylic acids is 2. The number of amides is 3. The van der Waals surface area contributed by atoms with Crippen LogP contribution in [0.15, 0.2) is 22.7 Å². The van der Waals surface area contributed by atoms with Gasteiger partial charge in [-0.25, -0.2) is 9.18 Å². The minimum atomic E-state index is -0.978. The Morgan fingerprint density at radius 3 is 2.96 bits per heavy atom. The number of nitrogens with one attached hydrogen (secondary N) is 1. The Morgan fingerprint density at radius 1 is 1.40 bits per heavy atom. The van der Waals surface area contributed by atoms with Crippen LogP contribution in [0.5, 0.6) is 0 Å². The standard InChI is InChI=1S/C16H15FN4O4/c1-9-6-10(2-3-11(9)17)13-18-12(25-20-13)7-21-14(22)16(19-15(21)23)4-5-24-8-16/h2-3,6H,4-5,7-8H2,1H3,(H,19,23)/t16-/m1/s1. The summed E-state index contributed by atoms with van der Waals surface area (Å²) in [7, 11) is 0. The van der Waals surface area contributed by atoms with Crippen LogP contribution in [0.25, 0.3) is 11.4 Å². The van der Waals surface area contributed by atoms with Crippen LogP contribution in [-0.4, -0.2) is 45.7 Å². The third-order valence-electron chi connectivity index (χ3n) is 4.45. The molecular formula is C16H15FN4O4. The van der Waals surface area contributed by atoms with Gasteiger partial charge in [0.2, 0.25) is 11.7 Å². The molecule has 3 heterocycles. The highest BCUT2D eigenvalue weighted by molar-refractivity contribution is 6.07. The van der Waals surface area contributed by atoms with Gasteiger partial charge in [-0.05, 0) is 30.7 Å². The Morgan fingerprint density at radius 2 is 2.24 bits per heavy atom. The van der Waals surface area contributed by atoms with Gasteiger partial charge in [0.05, 0.1) is 6.61 Å². The van der Waals surface area contributed by atoms with Crippen LogP contribution in [-0.2, 0) is 16.1 Å². The smallest absolute Gasteiger partial charge is 0.325 e. The first-order valence-corrected chi connectivity index (χ1v) is 7.79. The number of aromatic nitrogens is 2. The van der Waals surface area contributed by atoms with E-state index in [2.05, 4.69) is 15.5 Å². The maximum absolute atomic E-state index is 13.4. The second-order valence-electron chi connectivity index (χ2n) is 6.18. The van der Waals surface area contributed by atoms with Gasteiger partial charge >= 0.3 is 6.03 Å². The molecule has 2 aliphatic rings. The highest BCUT2D eigenvalue weighted by Gasteiger charge is 2.53. The molecule has 0 saturated carbocycles. The summed E-state index contributed by atoms with van der Waals surface area (Å²) in [4.78, 5) is 29.9. The summed E-state index contributed by atoms with van der Waals surface area (Å²) in [5.41, 5.74) is 0.0708. The second-order valence-corrected chi connectivity index (χ2v) is 6.18. The minimum absolute atomic E-state index is 0.122. The quantitative estimate of drug-likeness (QED) is 0.844. The number of urea groups is 1. The molecule has 2 fully saturated rings. The van der Waals surface area contributed by atoms with Crippen molar-refractivity contribution in [3.63, 3.8) is 0 Å². The molecule has 1 aromatic heterocycles. The SMILES string of the molecule is Cc1cc(-c2noc(CN3C(=O)N[C@@]4(CCOC4)C3=O)n2)ccc1F. The first-order chi connectivity index (χ1) is 12.0. The van der Waals surface area contributed by atoms with Crippen molar-refractivity contribution >= 4 is 11.9 Å². The lowest BCUT2D eigenvalue weighted by molar-refractivity contribution is -0.131. The van der Waals surface area contributed by atoms with Gasteiger partial charge in [0, 0.05) is 18.6 Å². The largest absolute Gasteiger partial charge is 0.378 e. The number of benzene rings is 1. The van der Waals surface area contributed by atoms with Gasteiger partial charge in [0.1, 0.15) is 17.9 Å². The zero-order valence-corrected chi connectivity index (χ0v) is 13.4. The van der Waals surface area contributed by atoms with E-state index in [9.17, 15) is 14.0 Å². The fourth-order valence-corrected chi connectivity index (χ4v) is 3.01. The molecule has 1 aromatic carbocycles. The summed E-state index contributed by atoms with van der Waals surface area (Å²) >= 11 is 0. The lowest BCUT2D eigenvalue weighted by Gasteiger charge is -2.17. The van der Waals surface area contributed by atoms with Gasteiger partial charge in [-0.15, -0.1) is 0 Å². The molecule has 4 rings (SSSR count). The maximum Gasteiger partial charge on any atom is 0.325 e. The molecule has 3 amide bonds.